The number of hydrogen-bond donors (Lipinski definition) is 19. The third kappa shape index (κ3) is 12.2. The van der Waals surface area contributed by atoms with E-state index in [0.717, 1.165) is 13.8 Å². The number of ether oxygens (including phenoxy) is 9. The second-order valence-electron chi connectivity index (χ2n) is 16.9. The van der Waals surface area contributed by atoms with Crippen LogP contribution in [0.2, 0.25) is 0 Å². The Kier molecular flexibility index (Phi) is 19.7. The summed E-state index contributed by atoms with van der Waals surface area (Å²) in [6.45, 7) is -2.91. The highest BCUT2D eigenvalue weighted by molar-refractivity contribution is 5.76. The fourth-order valence-electron chi connectivity index (χ4n) is 8.30. The zero-order valence-corrected chi connectivity index (χ0v) is 36.2. The molecule has 394 valence electrons. The molecule has 19 N–H and O–H groups in total. The van der Waals surface area contributed by atoms with Gasteiger partial charge < -0.3 is 140 Å². The molecule has 0 aliphatic carbocycles. The monoisotopic (exact) mass is 998 g/mol. The first-order valence-electron chi connectivity index (χ1n) is 21.2. The van der Waals surface area contributed by atoms with Gasteiger partial charge in [-0.15, -0.1) is 0 Å². The third-order valence-electron chi connectivity index (χ3n) is 12.1. The number of carbonyl (C=O) groups is 3. The molecule has 0 aromatic heterocycles. The molecule has 0 unspecified atom stereocenters. The zero-order chi connectivity index (χ0) is 50.7. The van der Waals surface area contributed by atoms with Crippen LogP contribution in [0, 0.1) is 0 Å². The van der Waals surface area contributed by atoms with Crippen LogP contribution in [0.4, 0.5) is 0 Å². The van der Waals surface area contributed by atoms with Crippen molar-refractivity contribution >= 4 is 17.8 Å². The van der Waals surface area contributed by atoms with Crippen LogP contribution in [0.3, 0.4) is 0 Å². The van der Waals surface area contributed by atoms with Gasteiger partial charge in [0.05, 0.1) is 45.2 Å². The minimum atomic E-state index is -2.96. The van der Waals surface area contributed by atoms with Gasteiger partial charge in [0.1, 0.15) is 116 Å². The summed E-state index contributed by atoms with van der Waals surface area (Å²) >= 11 is 0. The van der Waals surface area contributed by atoms with Gasteiger partial charge in [-0.3, -0.25) is 9.59 Å². The van der Waals surface area contributed by atoms with E-state index in [0.29, 0.717) is 0 Å². The highest BCUT2D eigenvalue weighted by Crippen LogP contribution is 2.37. The number of aliphatic hydroxyl groups excluding tert-OH is 16. The van der Waals surface area contributed by atoms with E-state index in [2.05, 4.69) is 10.6 Å². The molecular weight excluding hydrogens is 936 g/mol. The van der Waals surface area contributed by atoms with Gasteiger partial charge in [0, 0.05) is 20.3 Å². The molecule has 5 saturated heterocycles. The van der Waals surface area contributed by atoms with Crippen molar-refractivity contribution in [3.8, 4) is 0 Å². The Balaban J connectivity index is 1.34. The average molecular weight is 999 g/mol. The minimum absolute atomic E-state index is 0.772. The first kappa shape index (κ1) is 56.3. The standard InChI is InChI=1S/C37H62N2O29/c1-9(43)38-17-11(45)3-37(36(58)59,68-30(17)19(47)12(46)4-40)61-8-16-22(50)25(53)28(56)34(65-16)66-29-14(6-42)64-33(18(23(29)51)39-10(2)44)67-31-26(54)20(48)13(5-41)63-35(31)60-7-15-21(49)24(52)27(55)32(57)62-15/h11-35,40-42,45-57H,3-8H2,1-2H3,(H,38,43)(H,39,44)(H,58,59)/t11-,12+,13+,14+,15+,16+,17+,18+,19+,20+,21+,22-,23+,24-,25-,26-,27-,28+,29+,30+,31-,32-,33+,34-,35+,37+/m0/s1. The largest absolute Gasteiger partial charge is 0.477 e. The van der Waals surface area contributed by atoms with E-state index in [1.807, 2.05) is 0 Å². The number of nitrogens with one attached hydrogen (secondary N) is 2. The highest BCUT2D eigenvalue weighted by atomic mass is 16.8. The number of aliphatic carboxylic acids is 1. The maximum Gasteiger partial charge on any atom is 0.364 e. The van der Waals surface area contributed by atoms with Crippen molar-refractivity contribution in [2.45, 2.75) is 179 Å². The van der Waals surface area contributed by atoms with Gasteiger partial charge in [0.2, 0.25) is 11.8 Å². The Hall–Kier alpha value is -2.59. The summed E-state index contributed by atoms with van der Waals surface area (Å²) < 4.78 is 50.5. The van der Waals surface area contributed by atoms with Crippen LogP contribution in [0.15, 0.2) is 0 Å². The molecule has 2 amide bonds. The Morgan fingerprint density at radius 2 is 1.13 bits per heavy atom. The fraction of sp³-hybridized carbons (Fsp3) is 0.919. The van der Waals surface area contributed by atoms with E-state index < -0.39 is 216 Å². The maximum absolute atomic E-state index is 12.7. The van der Waals surface area contributed by atoms with Crippen molar-refractivity contribution in [2.24, 2.45) is 0 Å². The third-order valence-corrected chi connectivity index (χ3v) is 12.1. The summed E-state index contributed by atoms with van der Waals surface area (Å²) in [7, 11) is 0. The number of carboxylic acid groups (broad SMARTS) is 1. The molecule has 5 aliphatic rings. The molecule has 0 aromatic carbocycles. The smallest absolute Gasteiger partial charge is 0.364 e. The summed E-state index contributed by atoms with van der Waals surface area (Å²) in [6.07, 6.45) is -45.6. The van der Waals surface area contributed by atoms with Crippen LogP contribution in [0.25, 0.3) is 0 Å². The number of hydrogen-bond acceptors (Lipinski definition) is 28. The summed E-state index contributed by atoms with van der Waals surface area (Å²) in [5, 5.41) is 183. The number of amides is 2. The number of aliphatic hydroxyl groups is 16. The van der Waals surface area contributed by atoms with Gasteiger partial charge in [0.15, 0.2) is 25.2 Å². The molecule has 0 bridgehead atoms. The van der Waals surface area contributed by atoms with Crippen molar-refractivity contribution in [1.82, 2.24) is 10.6 Å². The topological polar surface area (TPSA) is 502 Å². The summed E-state index contributed by atoms with van der Waals surface area (Å²) in [4.78, 5) is 37.1. The number of carboxylic acids is 1. The molecule has 0 saturated carbocycles. The predicted molar refractivity (Wildman–Crippen MR) is 207 cm³/mol. The summed E-state index contributed by atoms with van der Waals surface area (Å²) in [6, 6.07) is -3.35. The Bertz CT molecular complexity index is 1660. The number of rotatable bonds is 18. The molecule has 68 heavy (non-hydrogen) atoms. The van der Waals surface area contributed by atoms with E-state index in [1.54, 1.807) is 0 Å². The van der Waals surface area contributed by atoms with Gasteiger partial charge in [0.25, 0.3) is 5.79 Å². The second kappa shape index (κ2) is 23.8. The summed E-state index contributed by atoms with van der Waals surface area (Å²) in [5.74, 6) is -6.55. The first-order valence-corrected chi connectivity index (χ1v) is 21.2. The lowest BCUT2D eigenvalue weighted by Crippen LogP contribution is -2.69. The SMILES string of the molecule is CC(=O)N[C@H]1[C@@H](O[C@@H]2[C@H](OC[C@H]3O[C@H](O)[C@@H](O)[C@@H](O)[C@@H]3O)O[C@H](CO)[C@@H](O)[C@@H]2O)O[C@H](CO)[C@@H](O[C@@H]2O[C@H](CO[C@]3(C(=O)O)C[C@H](O)[C@@H](NC(C)=O)[C@H]([C@H](O)[C@H](O)CO)O3)[C@H](O)[C@H](O)[C@H]2O)[C@@H]1O. The second-order valence-corrected chi connectivity index (χ2v) is 16.9. The molecule has 5 heterocycles. The molecule has 26 atom stereocenters. The van der Waals surface area contributed by atoms with Crippen LogP contribution in [-0.2, 0) is 57.0 Å². The fourth-order valence-corrected chi connectivity index (χ4v) is 8.30. The molecule has 5 fully saturated rings. The van der Waals surface area contributed by atoms with Crippen molar-refractivity contribution in [3.05, 3.63) is 0 Å². The number of carbonyl (C=O) groups excluding carboxylic acids is 2. The molecule has 5 rings (SSSR count). The quantitative estimate of drug-likeness (QED) is 0.0606. The Labute approximate surface area is 384 Å². The van der Waals surface area contributed by atoms with E-state index in [1.165, 1.54) is 0 Å². The van der Waals surface area contributed by atoms with Gasteiger partial charge >= 0.3 is 5.97 Å². The maximum atomic E-state index is 12.7. The summed E-state index contributed by atoms with van der Waals surface area (Å²) in [5.41, 5.74) is 0. The van der Waals surface area contributed by atoms with Crippen LogP contribution in [0.5, 0.6) is 0 Å². The van der Waals surface area contributed by atoms with Crippen LogP contribution in [0.1, 0.15) is 20.3 Å². The predicted octanol–water partition coefficient (Wildman–Crippen LogP) is -12.4. The van der Waals surface area contributed by atoms with Crippen LogP contribution >= 0.6 is 0 Å². The van der Waals surface area contributed by atoms with Gasteiger partial charge in [-0.2, -0.15) is 0 Å². The molecule has 31 nitrogen and oxygen atoms in total. The van der Waals surface area contributed by atoms with Crippen LogP contribution < -0.4 is 10.6 Å². The van der Waals surface area contributed by atoms with E-state index in [9.17, 15) is 101 Å². The zero-order valence-electron chi connectivity index (χ0n) is 36.2. The van der Waals surface area contributed by atoms with Gasteiger partial charge in [-0.25, -0.2) is 4.79 Å². The van der Waals surface area contributed by atoms with Crippen molar-refractivity contribution in [2.75, 3.05) is 33.0 Å². The van der Waals surface area contributed by atoms with E-state index in [4.69, 9.17) is 42.6 Å². The molecule has 0 radical (unpaired) electrons. The lowest BCUT2D eigenvalue weighted by atomic mass is 9.88. The normalized spacial score (nSPS) is 46.6. The van der Waals surface area contributed by atoms with Crippen LogP contribution in [-0.4, -0.2) is 297 Å². The first-order chi connectivity index (χ1) is 31.9. The van der Waals surface area contributed by atoms with Crippen molar-refractivity contribution in [1.29, 1.82) is 0 Å². The average Bonchev–Trinajstić information content (AvgIpc) is 3.29. The molecule has 5 aliphatic heterocycles. The molecule has 0 spiro atoms. The molecule has 31 heteroatoms. The Morgan fingerprint density at radius 1 is 0.603 bits per heavy atom. The van der Waals surface area contributed by atoms with Crippen molar-refractivity contribution in [3.63, 3.8) is 0 Å². The lowest BCUT2D eigenvalue weighted by Gasteiger charge is -2.49. The minimum Gasteiger partial charge on any atom is -0.477 e. The van der Waals surface area contributed by atoms with E-state index in [-0.39, 0.29) is 0 Å². The van der Waals surface area contributed by atoms with Gasteiger partial charge in [-0.05, 0) is 0 Å². The van der Waals surface area contributed by atoms with Gasteiger partial charge in [-0.1, -0.05) is 0 Å². The lowest BCUT2D eigenvalue weighted by molar-refractivity contribution is -0.378. The van der Waals surface area contributed by atoms with E-state index >= 15 is 0 Å². The Morgan fingerprint density at radius 3 is 1.71 bits per heavy atom. The highest BCUT2D eigenvalue weighted by Gasteiger charge is 2.58. The molecular formula is C37H62N2O29. The molecule has 0 aromatic rings. The van der Waals surface area contributed by atoms with Crippen molar-refractivity contribution < 1.29 is 144 Å².